The monoisotopic (exact) mass is 420 g/mol. The lowest BCUT2D eigenvalue weighted by Crippen LogP contribution is -2.51. The van der Waals surface area contributed by atoms with Gasteiger partial charge >= 0.3 is 0 Å². The summed E-state index contributed by atoms with van der Waals surface area (Å²) in [6, 6.07) is 11.0. The number of nitrogens with zero attached hydrogens (tertiary/aromatic N) is 3. The molecule has 2 aromatic rings. The summed E-state index contributed by atoms with van der Waals surface area (Å²) in [6.45, 7) is 9.39. The molecule has 3 heterocycles. The molecular formula is C25H32N4O2. The highest BCUT2D eigenvalue weighted by Crippen LogP contribution is 2.50. The van der Waals surface area contributed by atoms with Gasteiger partial charge in [0.05, 0.1) is 19.3 Å². The van der Waals surface area contributed by atoms with E-state index in [0.717, 1.165) is 37.8 Å². The van der Waals surface area contributed by atoms with Crippen LogP contribution in [0, 0.1) is 18.8 Å². The maximum absolute atomic E-state index is 12.8. The van der Waals surface area contributed by atoms with Crippen LogP contribution in [0.3, 0.4) is 0 Å². The standard InChI is InChI=1S/C25H32N4O2/c1-16-8-9-26-23(14-16)27-24-17(2)25(19-4-5-19)29(18(3)30)22-7-6-20(15-21(22)24)28-10-12-31-13-11-28/h6-9,14-15,17,19,24-25H,4-5,10-13H2,1-3H3,(H,26,27)/t17-,24-,25?/m1/s1. The molecule has 1 amide bonds. The first kappa shape index (κ1) is 20.3. The molecule has 2 aliphatic heterocycles. The van der Waals surface area contributed by atoms with Crippen molar-refractivity contribution in [2.24, 2.45) is 11.8 Å². The lowest BCUT2D eigenvalue weighted by molar-refractivity contribution is -0.117. The first-order valence-electron chi connectivity index (χ1n) is 11.5. The first-order valence-corrected chi connectivity index (χ1v) is 11.5. The van der Waals surface area contributed by atoms with Crippen molar-refractivity contribution in [1.29, 1.82) is 0 Å². The summed E-state index contributed by atoms with van der Waals surface area (Å²) in [5.74, 6) is 1.90. The van der Waals surface area contributed by atoms with Crippen molar-refractivity contribution in [3.8, 4) is 0 Å². The molecule has 31 heavy (non-hydrogen) atoms. The molecule has 1 aliphatic carbocycles. The van der Waals surface area contributed by atoms with Gasteiger partial charge in [-0.25, -0.2) is 4.98 Å². The number of amides is 1. The molecule has 3 atom stereocenters. The molecule has 0 radical (unpaired) electrons. The molecule has 1 saturated heterocycles. The van der Waals surface area contributed by atoms with Crippen LogP contribution < -0.4 is 15.1 Å². The van der Waals surface area contributed by atoms with Crippen LogP contribution in [0.5, 0.6) is 0 Å². The van der Waals surface area contributed by atoms with Crippen molar-refractivity contribution >= 4 is 23.1 Å². The first-order chi connectivity index (χ1) is 15.0. The van der Waals surface area contributed by atoms with Crippen LogP contribution in [0.15, 0.2) is 36.5 Å². The Morgan fingerprint density at radius 2 is 1.94 bits per heavy atom. The minimum Gasteiger partial charge on any atom is -0.378 e. The molecule has 6 nitrogen and oxygen atoms in total. The minimum atomic E-state index is 0.103. The van der Waals surface area contributed by atoms with Crippen molar-refractivity contribution in [2.75, 3.05) is 41.4 Å². The number of aromatic nitrogens is 1. The number of morpholine rings is 1. The number of hydrogen-bond acceptors (Lipinski definition) is 5. The zero-order chi connectivity index (χ0) is 21.5. The number of nitrogens with one attached hydrogen (secondary N) is 1. The third-order valence-electron chi connectivity index (χ3n) is 7.01. The van der Waals surface area contributed by atoms with E-state index in [2.05, 4.69) is 58.2 Å². The molecule has 2 fully saturated rings. The molecule has 164 valence electrons. The number of ether oxygens (including phenoxy) is 1. The molecule has 1 N–H and O–H groups in total. The Kier molecular flexibility index (Phi) is 5.34. The quantitative estimate of drug-likeness (QED) is 0.805. The Balaban J connectivity index is 1.58. The fourth-order valence-electron chi connectivity index (χ4n) is 5.35. The number of anilines is 3. The molecule has 1 saturated carbocycles. The third kappa shape index (κ3) is 3.89. The van der Waals surface area contributed by atoms with Crippen LogP contribution >= 0.6 is 0 Å². The molecule has 1 aromatic carbocycles. The average Bonchev–Trinajstić information content (AvgIpc) is 3.60. The van der Waals surface area contributed by atoms with Gasteiger partial charge in [-0.2, -0.15) is 0 Å². The molecule has 0 bridgehead atoms. The maximum atomic E-state index is 12.8. The van der Waals surface area contributed by atoms with Gasteiger partial charge in [0.2, 0.25) is 5.91 Å². The van der Waals surface area contributed by atoms with Gasteiger partial charge in [0.1, 0.15) is 5.82 Å². The van der Waals surface area contributed by atoms with Gasteiger partial charge in [0.15, 0.2) is 0 Å². The van der Waals surface area contributed by atoms with E-state index in [1.54, 1.807) is 6.92 Å². The highest BCUT2D eigenvalue weighted by atomic mass is 16.5. The van der Waals surface area contributed by atoms with Gasteiger partial charge in [-0.3, -0.25) is 4.79 Å². The number of pyridine rings is 1. The lowest BCUT2D eigenvalue weighted by Gasteiger charge is -2.46. The largest absolute Gasteiger partial charge is 0.378 e. The second kappa shape index (κ2) is 8.15. The topological polar surface area (TPSA) is 57.7 Å². The minimum absolute atomic E-state index is 0.103. The molecule has 0 spiro atoms. The van der Waals surface area contributed by atoms with E-state index in [9.17, 15) is 4.79 Å². The summed E-state index contributed by atoms with van der Waals surface area (Å²) in [6.07, 6.45) is 4.27. The Bertz CT molecular complexity index is 968. The summed E-state index contributed by atoms with van der Waals surface area (Å²) in [5.41, 5.74) is 4.62. The second-order valence-corrected chi connectivity index (χ2v) is 9.26. The summed E-state index contributed by atoms with van der Waals surface area (Å²) >= 11 is 0. The molecular weight excluding hydrogens is 388 g/mol. The number of aryl methyl sites for hydroxylation is 1. The molecule has 1 aromatic heterocycles. The van der Waals surface area contributed by atoms with Crippen LogP contribution in [0.1, 0.15) is 43.9 Å². The zero-order valence-electron chi connectivity index (χ0n) is 18.7. The van der Waals surface area contributed by atoms with Crippen LogP contribution in [-0.2, 0) is 9.53 Å². The zero-order valence-corrected chi connectivity index (χ0v) is 18.7. The van der Waals surface area contributed by atoms with Crippen molar-refractivity contribution in [1.82, 2.24) is 4.98 Å². The summed E-state index contributed by atoms with van der Waals surface area (Å²) in [4.78, 5) is 21.8. The van der Waals surface area contributed by atoms with Gasteiger partial charge < -0.3 is 19.9 Å². The van der Waals surface area contributed by atoms with Gasteiger partial charge in [-0.1, -0.05) is 6.92 Å². The molecule has 5 rings (SSSR count). The van der Waals surface area contributed by atoms with E-state index in [1.165, 1.54) is 29.7 Å². The Labute approximate surface area is 184 Å². The highest BCUT2D eigenvalue weighted by Gasteiger charge is 2.47. The number of benzene rings is 1. The normalized spacial score (nSPS) is 25.8. The van der Waals surface area contributed by atoms with E-state index in [4.69, 9.17) is 4.74 Å². The maximum Gasteiger partial charge on any atom is 0.224 e. The molecule has 3 aliphatic rings. The number of hydrogen-bond donors (Lipinski definition) is 1. The van der Waals surface area contributed by atoms with Crippen LogP contribution in [-0.4, -0.2) is 43.2 Å². The van der Waals surface area contributed by atoms with E-state index in [-0.39, 0.29) is 23.9 Å². The number of fused-ring (bicyclic) bond motifs is 1. The van der Waals surface area contributed by atoms with Crippen LogP contribution in [0.2, 0.25) is 0 Å². The smallest absolute Gasteiger partial charge is 0.224 e. The van der Waals surface area contributed by atoms with Gasteiger partial charge in [-0.15, -0.1) is 0 Å². The van der Waals surface area contributed by atoms with Gasteiger partial charge in [0.25, 0.3) is 0 Å². The van der Waals surface area contributed by atoms with E-state index in [1.807, 2.05) is 12.3 Å². The number of carbonyl (C=O) groups excluding carboxylic acids is 1. The van der Waals surface area contributed by atoms with Gasteiger partial charge in [-0.05, 0) is 61.6 Å². The summed E-state index contributed by atoms with van der Waals surface area (Å²) < 4.78 is 5.54. The fraction of sp³-hybridized carbons (Fsp3) is 0.520. The van der Waals surface area contributed by atoms with Crippen molar-refractivity contribution < 1.29 is 9.53 Å². The van der Waals surface area contributed by atoms with E-state index >= 15 is 0 Å². The molecule has 1 unspecified atom stereocenters. The Hall–Kier alpha value is -2.60. The van der Waals surface area contributed by atoms with E-state index < -0.39 is 0 Å². The van der Waals surface area contributed by atoms with Crippen LogP contribution in [0.4, 0.5) is 17.2 Å². The summed E-state index contributed by atoms with van der Waals surface area (Å²) in [5, 5.41) is 3.74. The third-order valence-corrected chi connectivity index (χ3v) is 7.01. The predicted octanol–water partition coefficient (Wildman–Crippen LogP) is 4.16. The van der Waals surface area contributed by atoms with Crippen molar-refractivity contribution in [2.45, 2.75) is 45.7 Å². The molecule has 6 heteroatoms. The Morgan fingerprint density at radius 1 is 1.16 bits per heavy atom. The number of rotatable bonds is 4. The Morgan fingerprint density at radius 3 is 2.61 bits per heavy atom. The van der Waals surface area contributed by atoms with Crippen LogP contribution in [0.25, 0.3) is 0 Å². The summed E-state index contributed by atoms with van der Waals surface area (Å²) in [7, 11) is 0. The highest BCUT2D eigenvalue weighted by molar-refractivity contribution is 5.94. The van der Waals surface area contributed by atoms with Crippen molar-refractivity contribution in [3.05, 3.63) is 47.7 Å². The van der Waals surface area contributed by atoms with E-state index in [0.29, 0.717) is 5.92 Å². The second-order valence-electron chi connectivity index (χ2n) is 9.26. The lowest BCUT2D eigenvalue weighted by atomic mass is 9.79. The van der Waals surface area contributed by atoms with Gasteiger partial charge in [0, 0.05) is 55.1 Å². The number of carbonyl (C=O) groups is 1. The fourth-order valence-corrected chi connectivity index (χ4v) is 5.35. The average molecular weight is 421 g/mol. The predicted molar refractivity (Wildman–Crippen MR) is 124 cm³/mol. The van der Waals surface area contributed by atoms with Crippen molar-refractivity contribution in [3.63, 3.8) is 0 Å². The SMILES string of the molecule is CC(=O)N1c2ccc(N3CCOCC3)cc2[C@H](Nc2cc(C)ccn2)[C@@H](C)C1C1CC1.